The van der Waals surface area contributed by atoms with E-state index in [-0.39, 0.29) is 17.4 Å². The van der Waals surface area contributed by atoms with Gasteiger partial charge in [0.15, 0.2) is 0 Å². The Balaban J connectivity index is 1.77. The fourth-order valence-electron chi connectivity index (χ4n) is 3.41. The molecule has 2 rings (SSSR count). The number of amides is 1. The average molecular weight is 347 g/mol. The van der Waals surface area contributed by atoms with E-state index in [0.717, 1.165) is 31.7 Å². The lowest BCUT2D eigenvalue weighted by Gasteiger charge is -2.37. The van der Waals surface area contributed by atoms with Crippen LogP contribution in [0, 0.1) is 19.3 Å². The van der Waals surface area contributed by atoms with Crippen LogP contribution in [0.5, 0.6) is 5.75 Å². The lowest BCUT2D eigenvalue weighted by atomic mass is 9.93. The van der Waals surface area contributed by atoms with E-state index >= 15 is 0 Å². The number of ether oxygens (including phenoxy) is 1. The van der Waals surface area contributed by atoms with Crippen molar-refractivity contribution in [3.63, 3.8) is 0 Å². The third-order valence-electron chi connectivity index (χ3n) is 4.83. The molecule has 0 aliphatic carbocycles. The molecular weight excluding hydrogens is 312 g/mol. The highest BCUT2D eigenvalue weighted by Gasteiger charge is 2.30. The molecule has 1 aromatic carbocycles. The molecule has 0 spiro atoms. The van der Waals surface area contributed by atoms with Crippen LogP contribution in [0.15, 0.2) is 18.2 Å². The molecule has 1 aliphatic heterocycles. The van der Waals surface area contributed by atoms with E-state index in [4.69, 9.17) is 4.74 Å². The quantitative estimate of drug-likeness (QED) is 0.884. The van der Waals surface area contributed by atoms with Crippen molar-refractivity contribution in [2.45, 2.75) is 66.5 Å². The Kier molecular flexibility index (Phi) is 6.50. The van der Waals surface area contributed by atoms with Gasteiger partial charge in [-0.1, -0.05) is 39.0 Å². The number of piperidine rings is 1. The summed E-state index contributed by atoms with van der Waals surface area (Å²) in [5.74, 6) is 1.26. The van der Waals surface area contributed by atoms with Crippen LogP contribution < -0.4 is 10.1 Å². The zero-order valence-corrected chi connectivity index (χ0v) is 16.7. The third kappa shape index (κ3) is 5.46. The van der Waals surface area contributed by atoms with Gasteiger partial charge in [0, 0.05) is 30.6 Å². The number of carbonyl (C=O) groups excluding carboxylic acids is 1. The molecule has 4 nitrogen and oxygen atoms in total. The molecule has 1 heterocycles. The zero-order valence-electron chi connectivity index (χ0n) is 16.7. The van der Waals surface area contributed by atoms with Gasteiger partial charge in [-0.05, 0) is 44.7 Å². The lowest BCUT2D eigenvalue weighted by Crippen LogP contribution is -2.50. The van der Waals surface area contributed by atoms with Gasteiger partial charge in [0.1, 0.15) is 12.4 Å². The molecule has 1 aliphatic rings. The number of rotatable bonds is 5. The fourth-order valence-corrected chi connectivity index (χ4v) is 3.41. The van der Waals surface area contributed by atoms with E-state index in [1.165, 1.54) is 11.1 Å². The maximum absolute atomic E-state index is 12.4. The molecule has 1 fully saturated rings. The number of nitrogens with one attached hydrogen (secondary N) is 1. The van der Waals surface area contributed by atoms with Gasteiger partial charge in [0.05, 0.1) is 0 Å². The van der Waals surface area contributed by atoms with Crippen molar-refractivity contribution in [2.24, 2.45) is 5.41 Å². The number of benzene rings is 1. The lowest BCUT2D eigenvalue weighted by molar-refractivity contribution is -0.140. The first-order chi connectivity index (χ1) is 11.7. The second-order valence-electron chi connectivity index (χ2n) is 8.42. The van der Waals surface area contributed by atoms with E-state index in [1.807, 2.05) is 25.7 Å². The first-order valence-corrected chi connectivity index (χ1v) is 9.43. The molecule has 1 saturated heterocycles. The van der Waals surface area contributed by atoms with Crippen molar-refractivity contribution in [1.29, 1.82) is 0 Å². The maximum atomic E-state index is 12.4. The van der Waals surface area contributed by atoms with E-state index in [9.17, 15) is 4.79 Å². The SMILES string of the molecule is Cc1cccc(C)c1OC[C@H](C)NC1CCN(C(=O)C(C)(C)C)CC1. The topological polar surface area (TPSA) is 41.6 Å². The fraction of sp³-hybridized carbons (Fsp3) is 0.667. The van der Waals surface area contributed by atoms with Crippen LogP contribution in [0.25, 0.3) is 0 Å². The highest BCUT2D eigenvalue weighted by atomic mass is 16.5. The van der Waals surface area contributed by atoms with Crippen LogP contribution in [0.3, 0.4) is 0 Å². The van der Waals surface area contributed by atoms with E-state index in [1.54, 1.807) is 0 Å². The van der Waals surface area contributed by atoms with Gasteiger partial charge in [0.2, 0.25) is 5.91 Å². The molecule has 1 amide bonds. The second kappa shape index (κ2) is 8.22. The number of likely N-dealkylation sites (tertiary alicyclic amines) is 1. The van der Waals surface area contributed by atoms with Gasteiger partial charge in [-0.15, -0.1) is 0 Å². The van der Waals surface area contributed by atoms with E-state index < -0.39 is 0 Å². The van der Waals surface area contributed by atoms with Gasteiger partial charge in [-0.3, -0.25) is 4.79 Å². The minimum atomic E-state index is -0.285. The molecule has 0 saturated carbocycles. The Bertz CT molecular complexity index is 564. The van der Waals surface area contributed by atoms with Gasteiger partial charge in [0.25, 0.3) is 0 Å². The smallest absolute Gasteiger partial charge is 0.227 e. The molecule has 25 heavy (non-hydrogen) atoms. The van der Waals surface area contributed by atoms with Crippen molar-refractivity contribution in [3.05, 3.63) is 29.3 Å². The minimum absolute atomic E-state index is 0.261. The summed E-state index contributed by atoms with van der Waals surface area (Å²) in [5, 5.41) is 3.66. The van der Waals surface area contributed by atoms with Gasteiger partial charge in [-0.25, -0.2) is 0 Å². The molecule has 140 valence electrons. The van der Waals surface area contributed by atoms with Gasteiger partial charge >= 0.3 is 0 Å². The predicted molar refractivity (Wildman–Crippen MR) is 103 cm³/mol. The monoisotopic (exact) mass is 346 g/mol. The Labute approximate surface area is 152 Å². The molecule has 1 N–H and O–H groups in total. The number of hydrogen-bond acceptors (Lipinski definition) is 3. The maximum Gasteiger partial charge on any atom is 0.227 e. The van der Waals surface area contributed by atoms with Crippen molar-refractivity contribution in [2.75, 3.05) is 19.7 Å². The van der Waals surface area contributed by atoms with Crippen LogP contribution in [-0.4, -0.2) is 42.6 Å². The van der Waals surface area contributed by atoms with Gasteiger partial charge < -0.3 is 15.0 Å². The second-order valence-corrected chi connectivity index (χ2v) is 8.42. The summed E-state index contributed by atoms with van der Waals surface area (Å²) in [5.41, 5.74) is 2.08. The summed E-state index contributed by atoms with van der Waals surface area (Å²) in [7, 11) is 0. The molecule has 1 aromatic rings. The Morgan fingerprint density at radius 1 is 1.24 bits per heavy atom. The van der Waals surface area contributed by atoms with Crippen molar-refractivity contribution < 1.29 is 9.53 Å². The van der Waals surface area contributed by atoms with E-state index in [2.05, 4.69) is 44.3 Å². The molecule has 0 aromatic heterocycles. The van der Waals surface area contributed by atoms with Crippen molar-refractivity contribution >= 4 is 5.91 Å². The zero-order chi connectivity index (χ0) is 18.6. The summed E-state index contributed by atoms with van der Waals surface area (Å²) < 4.78 is 6.05. The van der Waals surface area contributed by atoms with Gasteiger partial charge in [-0.2, -0.15) is 0 Å². The molecule has 1 atom stereocenters. The highest BCUT2D eigenvalue weighted by Crippen LogP contribution is 2.23. The van der Waals surface area contributed by atoms with Crippen molar-refractivity contribution in [1.82, 2.24) is 10.2 Å². The largest absolute Gasteiger partial charge is 0.491 e. The van der Waals surface area contributed by atoms with Crippen LogP contribution in [-0.2, 0) is 4.79 Å². The summed E-state index contributed by atoms with van der Waals surface area (Å²) >= 11 is 0. The summed E-state index contributed by atoms with van der Waals surface area (Å²) in [6.07, 6.45) is 2.02. The molecule has 0 radical (unpaired) electrons. The van der Waals surface area contributed by atoms with E-state index in [0.29, 0.717) is 12.6 Å². The summed E-state index contributed by atoms with van der Waals surface area (Å²) in [4.78, 5) is 14.4. The summed E-state index contributed by atoms with van der Waals surface area (Å²) in [6.45, 7) is 14.7. The number of nitrogens with zero attached hydrogens (tertiary/aromatic N) is 1. The Morgan fingerprint density at radius 2 is 1.80 bits per heavy atom. The Morgan fingerprint density at radius 3 is 2.32 bits per heavy atom. The summed E-state index contributed by atoms with van der Waals surface area (Å²) in [6, 6.07) is 6.98. The molecular formula is C21H34N2O2. The molecule has 0 bridgehead atoms. The average Bonchev–Trinajstić information content (AvgIpc) is 2.53. The number of aryl methyl sites for hydroxylation is 2. The van der Waals surface area contributed by atoms with Crippen LogP contribution >= 0.6 is 0 Å². The Hall–Kier alpha value is -1.55. The first kappa shape index (κ1) is 19.8. The third-order valence-corrected chi connectivity index (χ3v) is 4.83. The highest BCUT2D eigenvalue weighted by molar-refractivity contribution is 5.81. The first-order valence-electron chi connectivity index (χ1n) is 9.43. The minimum Gasteiger partial charge on any atom is -0.491 e. The molecule has 0 unspecified atom stereocenters. The standard InChI is InChI=1S/C21H34N2O2/c1-15-8-7-9-16(2)19(15)25-14-17(3)22-18-10-12-23(13-11-18)20(24)21(4,5)6/h7-9,17-18,22H,10-14H2,1-6H3/t17-/m0/s1. The predicted octanol–water partition coefficient (Wildman–Crippen LogP) is 3.70. The van der Waals surface area contributed by atoms with Crippen molar-refractivity contribution in [3.8, 4) is 5.75 Å². The number of hydrogen-bond donors (Lipinski definition) is 1. The number of carbonyl (C=O) groups is 1. The molecule has 4 heteroatoms. The van der Waals surface area contributed by atoms with Crippen LogP contribution in [0.4, 0.5) is 0 Å². The van der Waals surface area contributed by atoms with Crippen LogP contribution in [0.1, 0.15) is 51.7 Å². The normalized spacial score (nSPS) is 17.4. The number of para-hydroxylation sites is 1. The van der Waals surface area contributed by atoms with Crippen LogP contribution in [0.2, 0.25) is 0 Å².